The first-order chi connectivity index (χ1) is 10.6. The molecule has 2 heterocycles. The van der Waals surface area contributed by atoms with Crippen LogP contribution in [-0.2, 0) is 14.3 Å². The third kappa shape index (κ3) is 2.57. The Kier molecular flexibility index (Phi) is 3.85. The van der Waals surface area contributed by atoms with Crippen molar-refractivity contribution in [2.45, 2.75) is 0 Å². The molecule has 1 amide bonds. The standard InChI is InChI=1S/C16H17FN2O3/c1-19(5-6-21-2)11-8-14(22-9-11)15-12-4-3-10(17)7-13(12)18-16(15)20/h3-4,7-8H,5-6,9H2,1-2H3,(H,18,20). The van der Waals surface area contributed by atoms with E-state index in [0.29, 0.717) is 35.8 Å². The Morgan fingerprint density at radius 2 is 2.27 bits per heavy atom. The molecular weight excluding hydrogens is 287 g/mol. The summed E-state index contributed by atoms with van der Waals surface area (Å²) in [5, 5.41) is 2.66. The Hall–Kier alpha value is -2.34. The van der Waals surface area contributed by atoms with Gasteiger partial charge in [0.15, 0.2) is 0 Å². The molecule has 0 atom stereocenters. The number of carbonyl (C=O) groups is 1. The van der Waals surface area contributed by atoms with E-state index >= 15 is 0 Å². The number of carbonyl (C=O) groups excluding carboxylic acids is 1. The third-order valence-corrected chi connectivity index (χ3v) is 3.77. The summed E-state index contributed by atoms with van der Waals surface area (Å²) in [7, 11) is 3.60. The second-order valence-corrected chi connectivity index (χ2v) is 5.22. The van der Waals surface area contributed by atoms with Crippen molar-refractivity contribution in [2.75, 3.05) is 39.2 Å². The van der Waals surface area contributed by atoms with Crippen LogP contribution in [0.15, 0.2) is 35.7 Å². The maximum atomic E-state index is 13.3. The SMILES string of the molecule is COCCN(C)C1=CC(=C2C(=O)Nc3cc(F)ccc32)OC1. The number of ether oxygens (including phenoxy) is 2. The van der Waals surface area contributed by atoms with E-state index in [1.165, 1.54) is 12.1 Å². The number of nitrogens with one attached hydrogen (secondary N) is 1. The zero-order valence-corrected chi connectivity index (χ0v) is 12.5. The van der Waals surface area contributed by atoms with Crippen molar-refractivity contribution in [2.24, 2.45) is 0 Å². The van der Waals surface area contributed by atoms with E-state index in [1.54, 1.807) is 13.2 Å². The van der Waals surface area contributed by atoms with E-state index in [2.05, 4.69) is 5.32 Å². The quantitative estimate of drug-likeness (QED) is 0.864. The van der Waals surface area contributed by atoms with Crippen LogP contribution in [0.3, 0.4) is 0 Å². The van der Waals surface area contributed by atoms with E-state index in [4.69, 9.17) is 9.47 Å². The molecule has 3 rings (SSSR count). The number of anilines is 1. The molecule has 1 N–H and O–H groups in total. The molecule has 116 valence electrons. The van der Waals surface area contributed by atoms with Gasteiger partial charge in [0, 0.05) is 32.3 Å². The lowest BCUT2D eigenvalue weighted by molar-refractivity contribution is -0.110. The number of fused-ring (bicyclic) bond motifs is 1. The summed E-state index contributed by atoms with van der Waals surface area (Å²) in [6, 6.07) is 4.24. The van der Waals surface area contributed by atoms with Gasteiger partial charge in [0.2, 0.25) is 0 Å². The first-order valence-corrected chi connectivity index (χ1v) is 6.99. The maximum Gasteiger partial charge on any atom is 0.260 e. The molecule has 0 aliphatic carbocycles. The van der Waals surface area contributed by atoms with Crippen molar-refractivity contribution in [1.29, 1.82) is 0 Å². The Morgan fingerprint density at radius 1 is 1.45 bits per heavy atom. The summed E-state index contributed by atoms with van der Waals surface area (Å²) in [6.45, 7) is 1.76. The molecule has 6 heteroatoms. The highest BCUT2D eigenvalue weighted by molar-refractivity contribution is 6.32. The molecule has 0 saturated carbocycles. The van der Waals surface area contributed by atoms with Gasteiger partial charge in [-0.3, -0.25) is 4.79 Å². The molecule has 1 aromatic rings. The molecule has 22 heavy (non-hydrogen) atoms. The van der Waals surface area contributed by atoms with Crippen LogP contribution < -0.4 is 5.32 Å². The zero-order valence-electron chi connectivity index (χ0n) is 12.5. The number of amides is 1. The van der Waals surface area contributed by atoms with Gasteiger partial charge in [-0.1, -0.05) is 0 Å². The predicted octanol–water partition coefficient (Wildman–Crippen LogP) is 1.98. The fourth-order valence-corrected chi connectivity index (χ4v) is 2.51. The second kappa shape index (κ2) is 5.81. The predicted molar refractivity (Wildman–Crippen MR) is 80.5 cm³/mol. The largest absolute Gasteiger partial charge is 0.486 e. The van der Waals surface area contributed by atoms with E-state index in [1.807, 2.05) is 18.0 Å². The highest BCUT2D eigenvalue weighted by atomic mass is 19.1. The molecule has 5 nitrogen and oxygen atoms in total. The fraction of sp³-hybridized carbons (Fsp3) is 0.312. The highest BCUT2D eigenvalue weighted by Gasteiger charge is 2.30. The van der Waals surface area contributed by atoms with Crippen LogP contribution in [0, 0.1) is 5.82 Å². The van der Waals surface area contributed by atoms with Crippen molar-refractivity contribution >= 4 is 17.2 Å². The Bertz CT molecular complexity index is 682. The van der Waals surface area contributed by atoms with Gasteiger partial charge in [-0.15, -0.1) is 0 Å². The fourth-order valence-electron chi connectivity index (χ4n) is 2.51. The number of likely N-dealkylation sites (N-methyl/N-ethyl adjacent to an activating group) is 1. The smallest absolute Gasteiger partial charge is 0.260 e. The van der Waals surface area contributed by atoms with Crippen LogP contribution in [-0.4, -0.2) is 44.7 Å². The molecule has 0 spiro atoms. The third-order valence-electron chi connectivity index (χ3n) is 3.77. The Morgan fingerprint density at radius 3 is 3.05 bits per heavy atom. The highest BCUT2D eigenvalue weighted by Crippen LogP contribution is 2.36. The van der Waals surface area contributed by atoms with Gasteiger partial charge in [0.25, 0.3) is 5.91 Å². The van der Waals surface area contributed by atoms with Gasteiger partial charge >= 0.3 is 0 Å². The van der Waals surface area contributed by atoms with Gasteiger partial charge in [-0.05, 0) is 18.2 Å². The Balaban J connectivity index is 1.92. The first kappa shape index (κ1) is 14.6. The van der Waals surface area contributed by atoms with Crippen molar-refractivity contribution in [3.63, 3.8) is 0 Å². The van der Waals surface area contributed by atoms with Gasteiger partial charge in [0.05, 0.1) is 23.6 Å². The lowest BCUT2D eigenvalue weighted by Gasteiger charge is -2.18. The molecule has 0 fully saturated rings. The minimum absolute atomic E-state index is 0.271. The topological polar surface area (TPSA) is 50.8 Å². The summed E-state index contributed by atoms with van der Waals surface area (Å²) in [4.78, 5) is 14.2. The van der Waals surface area contributed by atoms with Crippen LogP contribution >= 0.6 is 0 Å². The number of hydrogen-bond donors (Lipinski definition) is 1. The van der Waals surface area contributed by atoms with Gasteiger partial charge in [-0.2, -0.15) is 0 Å². The van der Waals surface area contributed by atoms with E-state index in [9.17, 15) is 9.18 Å². The Labute approximate surface area is 128 Å². The lowest BCUT2D eigenvalue weighted by Crippen LogP contribution is -2.22. The number of benzene rings is 1. The van der Waals surface area contributed by atoms with Crippen molar-refractivity contribution in [3.8, 4) is 0 Å². The van der Waals surface area contributed by atoms with Crippen LogP contribution in [0.25, 0.3) is 5.57 Å². The summed E-state index contributed by atoms with van der Waals surface area (Å²) in [5.41, 5.74) is 2.57. The van der Waals surface area contributed by atoms with Gasteiger partial charge < -0.3 is 19.7 Å². The first-order valence-electron chi connectivity index (χ1n) is 6.99. The molecule has 2 aliphatic heterocycles. The van der Waals surface area contributed by atoms with E-state index < -0.39 is 0 Å². The molecule has 1 aromatic carbocycles. The van der Waals surface area contributed by atoms with Crippen LogP contribution in [0.1, 0.15) is 5.56 Å². The van der Waals surface area contributed by atoms with Crippen LogP contribution in [0.4, 0.5) is 10.1 Å². The lowest BCUT2D eigenvalue weighted by atomic mass is 10.1. The maximum absolute atomic E-state index is 13.3. The minimum atomic E-state index is -0.381. The monoisotopic (exact) mass is 304 g/mol. The van der Waals surface area contributed by atoms with Gasteiger partial charge in [-0.25, -0.2) is 4.39 Å². The van der Waals surface area contributed by atoms with E-state index in [0.717, 1.165) is 12.2 Å². The summed E-state index contributed by atoms with van der Waals surface area (Å²) in [6.07, 6.45) is 1.85. The number of rotatable bonds is 4. The average Bonchev–Trinajstić information content (AvgIpc) is 3.07. The number of nitrogens with zero attached hydrogens (tertiary/aromatic N) is 1. The van der Waals surface area contributed by atoms with Gasteiger partial charge in [0.1, 0.15) is 18.2 Å². The van der Waals surface area contributed by atoms with Crippen LogP contribution in [0.2, 0.25) is 0 Å². The minimum Gasteiger partial charge on any atom is -0.486 e. The molecular formula is C16H17FN2O3. The number of allylic oxidation sites excluding steroid dienone is 1. The average molecular weight is 304 g/mol. The zero-order chi connectivity index (χ0) is 15.7. The van der Waals surface area contributed by atoms with E-state index in [-0.39, 0.29) is 11.7 Å². The van der Waals surface area contributed by atoms with Crippen molar-refractivity contribution in [3.05, 3.63) is 47.1 Å². The molecule has 0 saturated heterocycles. The summed E-state index contributed by atoms with van der Waals surface area (Å²) >= 11 is 0. The molecule has 0 radical (unpaired) electrons. The number of hydrogen-bond acceptors (Lipinski definition) is 4. The molecule has 0 bridgehead atoms. The summed E-state index contributed by atoms with van der Waals surface area (Å²) < 4.78 is 24.0. The number of methoxy groups -OCH3 is 1. The number of halogens is 1. The van der Waals surface area contributed by atoms with Crippen LogP contribution in [0.5, 0.6) is 0 Å². The summed E-state index contributed by atoms with van der Waals surface area (Å²) in [5.74, 6) is -0.136. The molecule has 0 aromatic heterocycles. The molecule has 0 unspecified atom stereocenters. The second-order valence-electron chi connectivity index (χ2n) is 5.22. The van der Waals surface area contributed by atoms with Crippen molar-refractivity contribution < 1.29 is 18.7 Å². The molecule has 2 aliphatic rings. The van der Waals surface area contributed by atoms with Crippen molar-refractivity contribution in [1.82, 2.24) is 4.90 Å². The normalized spacial score (nSPS) is 19.6.